The SMILES string of the molecule is CC(OC(=O)CCNS(=O)(=O)c1ccccc1)C(=O)N1c2ccccc2NC(=O)C1(C)C. The van der Waals surface area contributed by atoms with Crippen molar-refractivity contribution in [3.8, 4) is 0 Å². The number of sulfonamides is 1. The van der Waals surface area contributed by atoms with Crippen molar-refractivity contribution >= 4 is 39.2 Å². The maximum atomic E-state index is 13.1. The van der Waals surface area contributed by atoms with Crippen LogP contribution in [0, 0.1) is 0 Å². The second kappa shape index (κ2) is 9.09. The first kappa shape index (κ1) is 23.4. The average molecular weight is 460 g/mol. The highest BCUT2D eigenvalue weighted by Crippen LogP contribution is 2.37. The van der Waals surface area contributed by atoms with E-state index < -0.39 is 33.5 Å². The summed E-state index contributed by atoms with van der Waals surface area (Å²) in [7, 11) is -3.75. The molecule has 1 atom stereocenters. The maximum Gasteiger partial charge on any atom is 0.307 e. The molecule has 0 saturated heterocycles. The molecule has 32 heavy (non-hydrogen) atoms. The molecule has 0 aromatic heterocycles. The number of fused-ring (bicyclic) bond motifs is 1. The lowest BCUT2D eigenvalue weighted by atomic mass is 9.95. The van der Waals surface area contributed by atoms with E-state index in [1.165, 1.54) is 24.0 Å². The molecule has 170 valence electrons. The number of esters is 1. The van der Waals surface area contributed by atoms with Crippen LogP contribution in [0.25, 0.3) is 0 Å². The fourth-order valence-corrected chi connectivity index (χ4v) is 4.36. The van der Waals surface area contributed by atoms with Crippen molar-refractivity contribution in [3.05, 3.63) is 54.6 Å². The minimum absolute atomic E-state index is 0.0844. The molecule has 0 fully saturated rings. The number of carbonyl (C=O) groups is 3. The molecular weight excluding hydrogens is 434 g/mol. The topological polar surface area (TPSA) is 122 Å². The molecule has 0 spiro atoms. The molecule has 2 amide bonds. The van der Waals surface area contributed by atoms with Crippen molar-refractivity contribution in [1.29, 1.82) is 0 Å². The largest absolute Gasteiger partial charge is 0.452 e. The van der Waals surface area contributed by atoms with E-state index >= 15 is 0 Å². The van der Waals surface area contributed by atoms with Gasteiger partial charge in [0.15, 0.2) is 6.10 Å². The predicted molar refractivity (Wildman–Crippen MR) is 118 cm³/mol. The minimum atomic E-state index is -3.75. The Bertz CT molecular complexity index is 1130. The average Bonchev–Trinajstić information content (AvgIpc) is 2.74. The van der Waals surface area contributed by atoms with E-state index in [0.717, 1.165) is 0 Å². The maximum absolute atomic E-state index is 13.1. The Labute approximate surface area is 186 Å². The summed E-state index contributed by atoms with van der Waals surface area (Å²) in [4.78, 5) is 39.3. The number of hydrogen-bond donors (Lipinski definition) is 2. The molecule has 10 heteroatoms. The Balaban J connectivity index is 1.63. The third-order valence-corrected chi connectivity index (χ3v) is 6.54. The number of benzene rings is 2. The minimum Gasteiger partial charge on any atom is -0.452 e. The zero-order valence-corrected chi connectivity index (χ0v) is 18.8. The summed E-state index contributed by atoms with van der Waals surface area (Å²) in [5, 5.41) is 2.76. The van der Waals surface area contributed by atoms with Crippen molar-refractivity contribution in [2.75, 3.05) is 16.8 Å². The highest BCUT2D eigenvalue weighted by Gasteiger charge is 2.45. The van der Waals surface area contributed by atoms with Crippen LogP contribution in [0.3, 0.4) is 0 Å². The van der Waals surface area contributed by atoms with Crippen LogP contribution in [-0.4, -0.2) is 44.4 Å². The van der Waals surface area contributed by atoms with Gasteiger partial charge in [-0.3, -0.25) is 19.3 Å². The fourth-order valence-electron chi connectivity index (χ4n) is 3.31. The molecule has 1 unspecified atom stereocenters. The molecule has 0 saturated carbocycles. The first-order chi connectivity index (χ1) is 15.0. The van der Waals surface area contributed by atoms with Crippen LogP contribution < -0.4 is 14.9 Å². The Morgan fingerprint density at radius 2 is 1.72 bits per heavy atom. The quantitative estimate of drug-likeness (QED) is 0.611. The molecule has 2 aromatic rings. The number of hydrogen-bond acceptors (Lipinski definition) is 6. The zero-order valence-electron chi connectivity index (χ0n) is 18.0. The van der Waals surface area contributed by atoms with Gasteiger partial charge in [-0.25, -0.2) is 13.1 Å². The van der Waals surface area contributed by atoms with Crippen molar-refractivity contribution in [2.24, 2.45) is 0 Å². The number of para-hydroxylation sites is 2. The lowest BCUT2D eigenvalue weighted by molar-refractivity contribution is -0.154. The number of amides is 2. The first-order valence-corrected chi connectivity index (χ1v) is 11.5. The highest BCUT2D eigenvalue weighted by molar-refractivity contribution is 7.89. The summed E-state index contributed by atoms with van der Waals surface area (Å²) in [6.07, 6.45) is -1.43. The third kappa shape index (κ3) is 4.81. The van der Waals surface area contributed by atoms with Gasteiger partial charge < -0.3 is 10.1 Å². The second-order valence-electron chi connectivity index (χ2n) is 7.80. The van der Waals surface area contributed by atoms with Gasteiger partial charge >= 0.3 is 5.97 Å². The molecule has 1 aliphatic heterocycles. The van der Waals surface area contributed by atoms with Crippen LogP contribution in [0.15, 0.2) is 59.5 Å². The summed E-state index contributed by atoms with van der Waals surface area (Å²) in [6.45, 7) is 4.43. The third-order valence-electron chi connectivity index (χ3n) is 5.06. The predicted octanol–water partition coefficient (Wildman–Crippen LogP) is 2.05. The zero-order chi connectivity index (χ0) is 23.5. The summed E-state index contributed by atoms with van der Waals surface area (Å²) in [5.74, 6) is -1.66. The monoisotopic (exact) mass is 459 g/mol. The van der Waals surface area contributed by atoms with Gasteiger partial charge in [0.2, 0.25) is 15.9 Å². The van der Waals surface area contributed by atoms with Crippen molar-refractivity contribution in [3.63, 3.8) is 0 Å². The second-order valence-corrected chi connectivity index (χ2v) is 9.56. The number of nitrogens with one attached hydrogen (secondary N) is 2. The van der Waals surface area contributed by atoms with E-state index in [1.54, 1.807) is 56.3 Å². The molecule has 0 aliphatic carbocycles. The van der Waals surface area contributed by atoms with Gasteiger partial charge in [-0.15, -0.1) is 0 Å². The van der Waals surface area contributed by atoms with Crippen LogP contribution in [0.1, 0.15) is 27.2 Å². The van der Waals surface area contributed by atoms with E-state index in [9.17, 15) is 22.8 Å². The Hall–Kier alpha value is -3.24. The molecule has 0 bridgehead atoms. The van der Waals surface area contributed by atoms with Crippen LogP contribution >= 0.6 is 0 Å². The molecule has 2 N–H and O–H groups in total. The number of ether oxygens (including phenoxy) is 1. The Morgan fingerprint density at radius 1 is 1.09 bits per heavy atom. The standard InChI is InChI=1S/C22H25N3O6S/c1-15(31-19(26)13-14-23-32(29,30)16-9-5-4-6-10-16)20(27)25-18-12-8-7-11-17(18)24-21(28)22(25,2)3/h4-12,15,23H,13-14H2,1-3H3,(H,24,28). The van der Waals surface area contributed by atoms with Gasteiger partial charge in [0.1, 0.15) is 5.54 Å². The van der Waals surface area contributed by atoms with Crippen molar-refractivity contribution in [1.82, 2.24) is 4.72 Å². The van der Waals surface area contributed by atoms with Gasteiger partial charge in [0.25, 0.3) is 5.91 Å². The molecule has 9 nitrogen and oxygen atoms in total. The molecule has 3 rings (SSSR count). The van der Waals surface area contributed by atoms with Gasteiger partial charge in [-0.2, -0.15) is 0 Å². The van der Waals surface area contributed by atoms with E-state index in [0.29, 0.717) is 11.4 Å². The molecule has 1 aliphatic rings. The van der Waals surface area contributed by atoms with Crippen LogP contribution in [-0.2, 0) is 29.1 Å². The highest BCUT2D eigenvalue weighted by atomic mass is 32.2. The van der Waals surface area contributed by atoms with E-state index in [4.69, 9.17) is 4.74 Å². The summed E-state index contributed by atoms with van der Waals surface area (Å²) in [6, 6.07) is 14.6. The normalized spacial score (nSPS) is 16.0. The van der Waals surface area contributed by atoms with E-state index in [-0.39, 0.29) is 23.8 Å². The van der Waals surface area contributed by atoms with E-state index in [2.05, 4.69) is 10.0 Å². The number of carbonyl (C=O) groups excluding carboxylic acids is 3. The van der Waals surface area contributed by atoms with Crippen LogP contribution in [0.5, 0.6) is 0 Å². The van der Waals surface area contributed by atoms with Gasteiger partial charge in [0, 0.05) is 6.54 Å². The molecular formula is C22H25N3O6S. The van der Waals surface area contributed by atoms with Gasteiger partial charge in [0.05, 0.1) is 22.7 Å². The summed E-state index contributed by atoms with van der Waals surface area (Å²) < 4.78 is 32.0. The molecule has 2 aromatic carbocycles. The van der Waals surface area contributed by atoms with Crippen LogP contribution in [0.2, 0.25) is 0 Å². The van der Waals surface area contributed by atoms with Crippen LogP contribution in [0.4, 0.5) is 11.4 Å². The molecule has 1 heterocycles. The van der Waals surface area contributed by atoms with Crippen molar-refractivity contribution < 1.29 is 27.5 Å². The fraction of sp³-hybridized carbons (Fsp3) is 0.318. The molecule has 0 radical (unpaired) electrons. The van der Waals surface area contributed by atoms with Gasteiger partial charge in [-0.1, -0.05) is 30.3 Å². The number of anilines is 2. The van der Waals surface area contributed by atoms with E-state index in [1.807, 2.05) is 0 Å². The Kier molecular flexibility index (Phi) is 6.65. The van der Waals surface area contributed by atoms with Gasteiger partial charge in [-0.05, 0) is 45.0 Å². The number of rotatable bonds is 7. The van der Waals surface area contributed by atoms with Crippen molar-refractivity contribution in [2.45, 2.75) is 43.7 Å². The summed E-state index contributed by atoms with van der Waals surface area (Å²) >= 11 is 0. The lowest BCUT2D eigenvalue weighted by Gasteiger charge is -2.42. The smallest absolute Gasteiger partial charge is 0.307 e. The summed E-state index contributed by atoms with van der Waals surface area (Å²) in [5.41, 5.74) is -0.211. The Morgan fingerprint density at radius 3 is 2.41 bits per heavy atom. The lowest BCUT2D eigenvalue weighted by Crippen LogP contribution is -2.60. The number of nitrogens with zero attached hydrogens (tertiary/aromatic N) is 1. The first-order valence-electron chi connectivity index (χ1n) is 10.0.